The van der Waals surface area contributed by atoms with Gasteiger partial charge in [-0.3, -0.25) is 4.79 Å². The normalized spacial score (nSPS) is 10.4. The molecule has 0 saturated heterocycles. The molecular weight excluding hydrogens is 310 g/mol. The van der Waals surface area contributed by atoms with E-state index in [4.69, 9.17) is 5.11 Å². The van der Waals surface area contributed by atoms with Crippen molar-refractivity contribution in [3.8, 4) is 0 Å². The number of halogens is 1. The minimum atomic E-state index is -0.972. The maximum absolute atomic E-state index is 11.8. The van der Waals surface area contributed by atoms with Crippen molar-refractivity contribution in [2.24, 2.45) is 0 Å². The Hall–Kier alpha value is -1.88. The van der Waals surface area contributed by atoms with Crippen molar-refractivity contribution in [2.45, 2.75) is 13.5 Å². The Kier molecular flexibility index (Phi) is 3.85. The van der Waals surface area contributed by atoms with Crippen molar-refractivity contribution in [1.82, 2.24) is 4.57 Å². The maximum Gasteiger partial charge on any atom is 0.335 e. The summed E-state index contributed by atoms with van der Waals surface area (Å²) in [6, 6.07) is 9.79. The lowest BCUT2D eigenvalue weighted by molar-refractivity contribution is 0.0696. The maximum atomic E-state index is 11.8. The molecule has 0 atom stereocenters. The fourth-order valence-corrected chi connectivity index (χ4v) is 2.18. The zero-order valence-corrected chi connectivity index (χ0v) is 11.8. The Balaban J connectivity index is 2.42. The predicted molar refractivity (Wildman–Crippen MR) is 75.6 cm³/mol. The van der Waals surface area contributed by atoms with Gasteiger partial charge in [0.15, 0.2) is 0 Å². The molecule has 0 spiro atoms. The number of aromatic carboxylic acids is 1. The number of carboxylic acids is 1. The minimum absolute atomic E-state index is 0.110. The Morgan fingerprint density at radius 2 is 2.05 bits per heavy atom. The van der Waals surface area contributed by atoms with Crippen LogP contribution >= 0.6 is 15.9 Å². The van der Waals surface area contributed by atoms with Crippen molar-refractivity contribution < 1.29 is 9.90 Å². The molecule has 1 heterocycles. The average molecular weight is 322 g/mol. The van der Waals surface area contributed by atoms with E-state index in [1.54, 1.807) is 28.8 Å². The summed E-state index contributed by atoms with van der Waals surface area (Å²) in [6.45, 7) is 2.19. The van der Waals surface area contributed by atoms with Crippen molar-refractivity contribution in [3.05, 3.63) is 68.0 Å². The van der Waals surface area contributed by atoms with Crippen molar-refractivity contribution in [1.29, 1.82) is 0 Å². The highest BCUT2D eigenvalue weighted by Gasteiger charge is 2.07. The van der Waals surface area contributed by atoms with Crippen LogP contribution in [0, 0.1) is 6.92 Å². The largest absolute Gasteiger partial charge is 0.478 e. The second-order valence-corrected chi connectivity index (χ2v) is 5.05. The summed E-state index contributed by atoms with van der Waals surface area (Å²) >= 11 is 3.38. The number of carboxylic acid groups (broad SMARTS) is 1. The van der Waals surface area contributed by atoms with E-state index in [-0.39, 0.29) is 11.1 Å². The summed E-state index contributed by atoms with van der Waals surface area (Å²) in [5, 5.41) is 8.95. The van der Waals surface area contributed by atoms with Crippen LogP contribution in [0.4, 0.5) is 0 Å². The summed E-state index contributed by atoms with van der Waals surface area (Å²) in [4.78, 5) is 22.8. The van der Waals surface area contributed by atoms with Crippen molar-refractivity contribution in [3.63, 3.8) is 0 Å². The number of hydrogen-bond acceptors (Lipinski definition) is 2. The molecule has 1 aromatic carbocycles. The molecule has 0 bridgehead atoms. The first-order valence-corrected chi connectivity index (χ1v) is 6.46. The standard InChI is InChI=1S/C14H12BrNO3/c1-9-12(15)5-6-13(17)16(9)8-10-3-2-4-11(7-10)14(18)19/h2-7H,8H2,1H3,(H,18,19). The van der Waals surface area contributed by atoms with E-state index in [0.29, 0.717) is 6.54 Å². The predicted octanol–water partition coefficient (Wildman–Crippen LogP) is 2.67. The molecule has 0 aliphatic rings. The number of benzene rings is 1. The lowest BCUT2D eigenvalue weighted by atomic mass is 10.1. The number of carbonyl (C=O) groups is 1. The highest BCUT2D eigenvalue weighted by molar-refractivity contribution is 9.10. The fourth-order valence-electron chi connectivity index (χ4n) is 1.83. The summed E-state index contributed by atoms with van der Waals surface area (Å²) in [6.07, 6.45) is 0. The molecule has 2 rings (SSSR count). The van der Waals surface area contributed by atoms with Crippen LogP contribution in [0.5, 0.6) is 0 Å². The van der Waals surface area contributed by atoms with E-state index in [0.717, 1.165) is 15.7 Å². The number of nitrogens with zero attached hydrogens (tertiary/aromatic N) is 1. The topological polar surface area (TPSA) is 59.3 Å². The summed E-state index contributed by atoms with van der Waals surface area (Å²) in [5.41, 5.74) is 1.70. The zero-order valence-electron chi connectivity index (χ0n) is 10.3. The van der Waals surface area contributed by atoms with Gasteiger partial charge in [-0.25, -0.2) is 4.79 Å². The SMILES string of the molecule is Cc1c(Br)ccc(=O)n1Cc1cccc(C(=O)O)c1. The smallest absolute Gasteiger partial charge is 0.335 e. The molecule has 98 valence electrons. The van der Waals surface area contributed by atoms with E-state index in [2.05, 4.69) is 15.9 Å². The van der Waals surface area contributed by atoms with Gasteiger partial charge < -0.3 is 9.67 Å². The van der Waals surface area contributed by atoms with Gasteiger partial charge >= 0.3 is 5.97 Å². The summed E-state index contributed by atoms with van der Waals surface area (Å²) in [5.74, 6) is -0.972. The van der Waals surface area contributed by atoms with Gasteiger partial charge in [-0.1, -0.05) is 12.1 Å². The third-order valence-electron chi connectivity index (χ3n) is 2.90. The van der Waals surface area contributed by atoms with E-state index in [1.165, 1.54) is 12.1 Å². The lowest BCUT2D eigenvalue weighted by Gasteiger charge is -2.11. The molecule has 0 radical (unpaired) electrons. The van der Waals surface area contributed by atoms with Gasteiger partial charge in [0, 0.05) is 16.2 Å². The van der Waals surface area contributed by atoms with E-state index in [1.807, 2.05) is 6.92 Å². The van der Waals surface area contributed by atoms with Gasteiger partial charge in [0.1, 0.15) is 0 Å². The molecule has 0 amide bonds. The lowest BCUT2D eigenvalue weighted by Crippen LogP contribution is -2.22. The van der Waals surface area contributed by atoms with Crippen LogP contribution in [0.3, 0.4) is 0 Å². The second kappa shape index (κ2) is 5.40. The zero-order chi connectivity index (χ0) is 14.0. The molecule has 0 aliphatic heterocycles. The molecule has 1 N–H and O–H groups in total. The average Bonchev–Trinajstić information content (AvgIpc) is 2.39. The minimum Gasteiger partial charge on any atom is -0.478 e. The molecule has 2 aromatic rings. The Morgan fingerprint density at radius 3 is 2.74 bits per heavy atom. The number of rotatable bonds is 3. The van der Waals surface area contributed by atoms with Crippen molar-refractivity contribution in [2.75, 3.05) is 0 Å². The van der Waals surface area contributed by atoms with Gasteiger partial charge in [0.05, 0.1) is 12.1 Å². The van der Waals surface area contributed by atoms with Crippen LogP contribution < -0.4 is 5.56 Å². The molecule has 0 aliphatic carbocycles. The molecule has 4 nitrogen and oxygen atoms in total. The number of hydrogen-bond donors (Lipinski definition) is 1. The highest BCUT2D eigenvalue weighted by Crippen LogP contribution is 2.14. The van der Waals surface area contributed by atoms with Gasteiger partial charge in [0.25, 0.3) is 5.56 Å². The first-order chi connectivity index (χ1) is 8.99. The number of pyridine rings is 1. The Bertz CT molecular complexity index is 691. The molecule has 0 fully saturated rings. The first kappa shape index (κ1) is 13.5. The second-order valence-electron chi connectivity index (χ2n) is 4.20. The summed E-state index contributed by atoms with van der Waals surface area (Å²) < 4.78 is 2.45. The molecular formula is C14H12BrNO3. The molecule has 1 aromatic heterocycles. The fraction of sp³-hybridized carbons (Fsp3) is 0.143. The third-order valence-corrected chi connectivity index (χ3v) is 3.74. The molecule has 0 unspecified atom stereocenters. The van der Waals surface area contributed by atoms with Gasteiger partial charge in [-0.05, 0) is 46.6 Å². The Labute approximate surface area is 118 Å². The quantitative estimate of drug-likeness (QED) is 0.945. The summed E-state index contributed by atoms with van der Waals surface area (Å²) in [7, 11) is 0. The first-order valence-electron chi connectivity index (χ1n) is 5.67. The van der Waals surface area contributed by atoms with Crippen LogP contribution in [0.15, 0.2) is 45.7 Å². The molecule has 0 saturated carbocycles. The Morgan fingerprint density at radius 1 is 1.32 bits per heavy atom. The van der Waals surface area contributed by atoms with Gasteiger partial charge in [-0.15, -0.1) is 0 Å². The van der Waals surface area contributed by atoms with Gasteiger partial charge in [-0.2, -0.15) is 0 Å². The van der Waals surface area contributed by atoms with Crippen LogP contribution in [0.1, 0.15) is 21.6 Å². The van der Waals surface area contributed by atoms with Gasteiger partial charge in [0.2, 0.25) is 0 Å². The van der Waals surface area contributed by atoms with E-state index >= 15 is 0 Å². The number of aromatic nitrogens is 1. The molecule has 19 heavy (non-hydrogen) atoms. The third kappa shape index (κ3) is 2.93. The molecule has 5 heteroatoms. The monoisotopic (exact) mass is 321 g/mol. The van der Waals surface area contributed by atoms with Crippen LogP contribution in [0.2, 0.25) is 0 Å². The van der Waals surface area contributed by atoms with E-state index in [9.17, 15) is 9.59 Å². The van der Waals surface area contributed by atoms with Crippen molar-refractivity contribution >= 4 is 21.9 Å². The highest BCUT2D eigenvalue weighted by atomic mass is 79.9. The van der Waals surface area contributed by atoms with Crippen LogP contribution in [-0.4, -0.2) is 15.6 Å². The van der Waals surface area contributed by atoms with E-state index < -0.39 is 5.97 Å². The van der Waals surface area contributed by atoms with Crippen LogP contribution in [0.25, 0.3) is 0 Å². The van der Waals surface area contributed by atoms with Crippen LogP contribution in [-0.2, 0) is 6.54 Å².